The van der Waals surface area contributed by atoms with E-state index in [4.69, 9.17) is 0 Å². The molecule has 2 atom stereocenters. The van der Waals surface area contributed by atoms with E-state index in [0.717, 1.165) is 19.6 Å². The van der Waals surface area contributed by atoms with Crippen LogP contribution in [0.4, 0.5) is 0 Å². The van der Waals surface area contributed by atoms with E-state index >= 15 is 0 Å². The van der Waals surface area contributed by atoms with E-state index in [1.165, 1.54) is 0 Å². The van der Waals surface area contributed by atoms with Crippen molar-refractivity contribution in [3.63, 3.8) is 0 Å². The summed E-state index contributed by atoms with van der Waals surface area (Å²) in [6.45, 7) is 11.0. The van der Waals surface area contributed by atoms with Gasteiger partial charge in [0.05, 0.1) is 0 Å². The van der Waals surface area contributed by atoms with Crippen LogP contribution in [0.1, 0.15) is 13.8 Å². The molecule has 1 aliphatic heterocycles. The average Bonchev–Trinajstić information content (AvgIpc) is 2.28. The van der Waals surface area contributed by atoms with Crippen molar-refractivity contribution in [2.45, 2.75) is 25.9 Å². The van der Waals surface area contributed by atoms with E-state index < -0.39 is 0 Å². The Morgan fingerprint density at radius 2 is 2.53 bits per heavy atom. The van der Waals surface area contributed by atoms with Crippen molar-refractivity contribution in [2.24, 2.45) is 0 Å². The fraction of sp³-hybridized carbons (Fsp3) is 0.727. The van der Waals surface area contributed by atoms with E-state index in [1.807, 2.05) is 13.0 Å². The van der Waals surface area contributed by atoms with Crippen molar-refractivity contribution < 1.29 is 4.79 Å². The molecule has 1 fully saturated rings. The molecule has 0 radical (unpaired) electrons. The van der Waals surface area contributed by atoms with Crippen LogP contribution in [0.2, 0.25) is 0 Å². The van der Waals surface area contributed by atoms with Crippen molar-refractivity contribution in [2.75, 3.05) is 26.2 Å². The number of likely N-dealkylation sites (N-methyl/N-ethyl adjacent to an activating group) is 1. The SMILES string of the molecule is C=CC(C)N1CCNCC1C(=O)NCC. The van der Waals surface area contributed by atoms with Crippen molar-refractivity contribution in [3.05, 3.63) is 12.7 Å². The fourth-order valence-electron chi connectivity index (χ4n) is 1.88. The van der Waals surface area contributed by atoms with Gasteiger partial charge in [0.2, 0.25) is 5.91 Å². The molecule has 0 aromatic rings. The van der Waals surface area contributed by atoms with Crippen LogP contribution >= 0.6 is 0 Å². The van der Waals surface area contributed by atoms with E-state index in [9.17, 15) is 4.79 Å². The van der Waals surface area contributed by atoms with Crippen LogP contribution in [-0.2, 0) is 4.79 Å². The summed E-state index contributed by atoms with van der Waals surface area (Å²) in [5, 5.41) is 6.12. The molecular formula is C11H21N3O. The maximum absolute atomic E-state index is 11.8. The third kappa shape index (κ3) is 3.04. The van der Waals surface area contributed by atoms with Crippen molar-refractivity contribution in [1.29, 1.82) is 0 Å². The van der Waals surface area contributed by atoms with Crippen molar-refractivity contribution in [1.82, 2.24) is 15.5 Å². The summed E-state index contributed by atoms with van der Waals surface area (Å²) in [4.78, 5) is 14.0. The van der Waals surface area contributed by atoms with Gasteiger partial charge >= 0.3 is 0 Å². The van der Waals surface area contributed by atoms with Gasteiger partial charge in [-0.1, -0.05) is 6.08 Å². The van der Waals surface area contributed by atoms with Gasteiger partial charge in [0.1, 0.15) is 6.04 Å². The van der Waals surface area contributed by atoms with Crippen molar-refractivity contribution >= 4 is 5.91 Å². The highest BCUT2D eigenvalue weighted by Gasteiger charge is 2.30. The first-order chi connectivity index (χ1) is 7.20. The predicted octanol–water partition coefficient (Wildman–Crippen LogP) is -0.0292. The zero-order chi connectivity index (χ0) is 11.3. The number of piperazine rings is 1. The zero-order valence-corrected chi connectivity index (χ0v) is 9.62. The van der Waals surface area contributed by atoms with Crippen LogP contribution in [0, 0.1) is 0 Å². The average molecular weight is 211 g/mol. The molecule has 86 valence electrons. The van der Waals surface area contributed by atoms with Crippen LogP contribution in [0.15, 0.2) is 12.7 Å². The molecule has 0 saturated carbocycles. The third-order valence-corrected chi connectivity index (χ3v) is 2.80. The number of hydrogen-bond donors (Lipinski definition) is 2. The summed E-state index contributed by atoms with van der Waals surface area (Å²) >= 11 is 0. The van der Waals surface area contributed by atoms with Gasteiger partial charge in [-0.2, -0.15) is 0 Å². The van der Waals surface area contributed by atoms with E-state index in [2.05, 4.69) is 29.0 Å². The summed E-state index contributed by atoms with van der Waals surface area (Å²) in [5.41, 5.74) is 0. The molecule has 0 spiro atoms. The van der Waals surface area contributed by atoms with Crippen LogP contribution in [-0.4, -0.2) is 49.1 Å². The molecule has 4 nitrogen and oxygen atoms in total. The maximum atomic E-state index is 11.8. The maximum Gasteiger partial charge on any atom is 0.238 e. The Balaban J connectivity index is 2.64. The van der Waals surface area contributed by atoms with Crippen molar-refractivity contribution in [3.8, 4) is 0 Å². The summed E-state index contributed by atoms with van der Waals surface area (Å²) in [6.07, 6.45) is 1.89. The highest BCUT2D eigenvalue weighted by molar-refractivity contribution is 5.82. The molecule has 15 heavy (non-hydrogen) atoms. The molecule has 1 rings (SSSR count). The predicted molar refractivity (Wildman–Crippen MR) is 61.7 cm³/mol. The van der Waals surface area contributed by atoms with Crippen LogP contribution < -0.4 is 10.6 Å². The molecule has 0 aromatic carbocycles. The Bertz CT molecular complexity index is 230. The van der Waals surface area contributed by atoms with Gasteiger partial charge in [-0.25, -0.2) is 0 Å². The lowest BCUT2D eigenvalue weighted by atomic mass is 10.1. The largest absolute Gasteiger partial charge is 0.355 e. The molecule has 1 heterocycles. The minimum absolute atomic E-state index is 0.0632. The Morgan fingerprint density at radius 3 is 3.13 bits per heavy atom. The molecule has 1 saturated heterocycles. The fourth-order valence-corrected chi connectivity index (χ4v) is 1.88. The number of amides is 1. The second kappa shape index (κ2) is 5.88. The monoisotopic (exact) mass is 211 g/mol. The Morgan fingerprint density at radius 1 is 1.80 bits per heavy atom. The number of carbonyl (C=O) groups is 1. The van der Waals surface area contributed by atoms with E-state index in [-0.39, 0.29) is 18.0 Å². The molecular weight excluding hydrogens is 190 g/mol. The lowest BCUT2D eigenvalue weighted by Crippen LogP contribution is -2.59. The Kier molecular flexibility index (Phi) is 4.78. The van der Waals surface area contributed by atoms with Gasteiger partial charge in [-0.15, -0.1) is 6.58 Å². The van der Waals surface area contributed by atoms with E-state index in [1.54, 1.807) is 0 Å². The minimum atomic E-state index is -0.0632. The molecule has 1 amide bonds. The number of rotatable bonds is 4. The smallest absolute Gasteiger partial charge is 0.238 e. The zero-order valence-electron chi connectivity index (χ0n) is 9.62. The molecule has 0 aromatic heterocycles. The van der Waals surface area contributed by atoms with E-state index in [0.29, 0.717) is 6.54 Å². The highest BCUT2D eigenvalue weighted by atomic mass is 16.2. The topological polar surface area (TPSA) is 44.4 Å². The summed E-state index contributed by atoms with van der Waals surface area (Å²) in [7, 11) is 0. The first-order valence-corrected chi connectivity index (χ1v) is 5.57. The quantitative estimate of drug-likeness (QED) is 0.642. The molecule has 2 N–H and O–H groups in total. The standard InChI is InChI=1S/C11H21N3O/c1-4-9(3)14-7-6-12-8-10(14)11(15)13-5-2/h4,9-10,12H,1,5-8H2,2-3H3,(H,13,15). The first kappa shape index (κ1) is 12.2. The number of nitrogens with zero attached hydrogens (tertiary/aromatic N) is 1. The second-order valence-corrected chi connectivity index (χ2v) is 3.83. The van der Waals surface area contributed by atoms with Gasteiger partial charge in [0.25, 0.3) is 0 Å². The number of nitrogens with one attached hydrogen (secondary N) is 2. The van der Waals surface area contributed by atoms with Gasteiger partial charge < -0.3 is 10.6 Å². The second-order valence-electron chi connectivity index (χ2n) is 3.83. The minimum Gasteiger partial charge on any atom is -0.355 e. The Hall–Kier alpha value is -0.870. The van der Waals surface area contributed by atoms with Gasteiger partial charge in [-0.3, -0.25) is 9.69 Å². The van der Waals surface area contributed by atoms with Gasteiger partial charge in [0.15, 0.2) is 0 Å². The highest BCUT2D eigenvalue weighted by Crippen LogP contribution is 2.09. The lowest BCUT2D eigenvalue weighted by Gasteiger charge is -2.38. The summed E-state index contributed by atoms with van der Waals surface area (Å²) in [5.74, 6) is 0.110. The van der Waals surface area contributed by atoms with Crippen LogP contribution in [0.25, 0.3) is 0 Å². The van der Waals surface area contributed by atoms with Gasteiger partial charge in [-0.05, 0) is 13.8 Å². The summed E-state index contributed by atoms with van der Waals surface area (Å²) < 4.78 is 0. The van der Waals surface area contributed by atoms with Crippen LogP contribution in [0.5, 0.6) is 0 Å². The third-order valence-electron chi connectivity index (χ3n) is 2.80. The molecule has 0 bridgehead atoms. The normalized spacial score (nSPS) is 24.5. The number of carbonyl (C=O) groups excluding carboxylic acids is 1. The number of hydrogen-bond acceptors (Lipinski definition) is 3. The Labute approximate surface area is 91.7 Å². The molecule has 4 heteroatoms. The molecule has 1 aliphatic rings. The summed E-state index contributed by atoms with van der Waals surface area (Å²) in [6, 6.07) is 0.186. The molecule has 2 unspecified atom stereocenters. The van der Waals surface area contributed by atoms with Gasteiger partial charge in [0, 0.05) is 32.2 Å². The first-order valence-electron chi connectivity index (χ1n) is 5.57. The lowest BCUT2D eigenvalue weighted by molar-refractivity contribution is -0.127. The molecule has 0 aliphatic carbocycles. The van der Waals surface area contributed by atoms with Crippen LogP contribution in [0.3, 0.4) is 0 Å².